The van der Waals surface area contributed by atoms with Crippen molar-refractivity contribution in [2.75, 3.05) is 5.75 Å². The van der Waals surface area contributed by atoms with Gasteiger partial charge in [0.1, 0.15) is 0 Å². The Balaban J connectivity index is 2.64. The van der Waals surface area contributed by atoms with Crippen molar-refractivity contribution < 1.29 is 4.79 Å². The van der Waals surface area contributed by atoms with E-state index < -0.39 is 0 Å². The minimum atomic E-state index is 0.0310. The van der Waals surface area contributed by atoms with E-state index in [1.54, 1.807) is 23.9 Å². The normalized spacial score (nSPS) is 20.8. The molecule has 0 saturated heterocycles. The molecule has 1 aromatic carbocycles. The molecular formula is C10H8Cl2OS. The Morgan fingerprint density at radius 2 is 2.00 bits per heavy atom. The number of hydrogen-bond donors (Lipinski definition) is 0. The summed E-state index contributed by atoms with van der Waals surface area (Å²) in [4.78, 5) is 12.7. The summed E-state index contributed by atoms with van der Waals surface area (Å²) in [6.07, 6.45) is 0. The highest BCUT2D eigenvalue weighted by Gasteiger charge is 2.28. The van der Waals surface area contributed by atoms with Crippen LogP contribution in [0.4, 0.5) is 0 Å². The lowest BCUT2D eigenvalue weighted by atomic mass is 10.0. The Labute approximate surface area is 96.8 Å². The molecule has 0 amide bonds. The molecule has 1 nitrogen and oxygen atoms in total. The Morgan fingerprint density at radius 1 is 1.36 bits per heavy atom. The van der Waals surface area contributed by atoms with Crippen molar-refractivity contribution >= 4 is 40.7 Å². The molecule has 1 atom stereocenters. The topological polar surface area (TPSA) is 17.1 Å². The number of thioether (sulfide) groups is 1. The van der Waals surface area contributed by atoms with Crippen molar-refractivity contribution in [3.8, 4) is 0 Å². The Hall–Kier alpha value is -0.180. The molecule has 0 aliphatic carbocycles. The molecule has 1 aliphatic rings. The fourth-order valence-corrected chi connectivity index (χ4v) is 3.19. The molecule has 0 saturated carbocycles. The molecule has 74 valence electrons. The number of fused-ring (bicyclic) bond motifs is 1. The van der Waals surface area contributed by atoms with Crippen LogP contribution in [0, 0.1) is 5.92 Å². The van der Waals surface area contributed by atoms with Gasteiger partial charge in [0.05, 0.1) is 15.6 Å². The molecule has 0 aromatic heterocycles. The van der Waals surface area contributed by atoms with Crippen LogP contribution in [0.25, 0.3) is 0 Å². The highest BCUT2D eigenvalue weighted by molar-refractivity contribution is 7.99. The van der Waals surface area contributed by atoms with Gasteiger partial charge in [-0.15, -0.1) is 11.8 Å². The lowest BCUT2D eigenvalue weighted by Crippen LogP contribution is -2.19. The smallest absolute Gasteiger partial charge is 0.169 e. The number of Topliss-reactive ketones (excluding diaryl/α,β-unsaturated/α-hetero) is 1. The predicted octanol–water partition coefficient (Wildman–Crippen LogP) is 3.92. The zero-order valence-electron chi connectivity index (χ0n) is 7.51. The number of carbonyl (C=O) groups is 1. The Bertz CT molecular complexity index is 403. The predicted molar refractivity (Wildman–Crippen MR) is 60.7 cm³/mol. The molecule has 2 rings (SSSR count). The summed E-state index contributed by atoms with van der Waals surface area (Å²) in [6.45, 7) is 1.91. The second-order valence-electron chi connectivity index (χ2n) is 3.31. The van der Waals surface area contributed by atoms with Gasteiger partial charge in [0.15, 0.2) is 5.78 Å². The first-order valence-electron chi connectivity index (χ1n) is 4.26. The van der Waals surface area contributed by atoms with Gasteiger partial charge in [-0.2, -0.15) is 0 Å². The van der Waals surface area contributed by atoms with Crippen molar-refractivity contribution in [1.29, 1.82) is 0 Å². The lowest BCUT2D eigenvalue weighted by molar-refractivity contribution is 0.0936. The van der Waals surface area contributed by atoms with Crippen LogP contribution in [-0.2, 0) is 0 Å². The highest BCUT2D eigenvalue weighted by Crippen LogP contribution is 2.40. The van der Waals surface area contributed by atoms with Crippen molar-refractivity contribution in [3.05, 3.63) is 27.7 Å². The SMILES string of the molecule is CC1CSc2c(Cl)ccc(Cl)c2C1=O. The van der Waals surface area contributed by atoms with Crippen LogP contribution in [0.3, 0.4) is 0 Å². The minimum absolute atomic E-state index is 0.0310. The van der Waals surface area contributed by atoms with Crippen LogP contribution in [0.15, 0.2) is 17.0 Å². The third kappa shape index (κ3) is 1.56. The monoisotopic (exact) mass is 246 g/mol. The van der Waals surface area contributed by atoms with Crippen molar-refractivity contribution in [1.82, 2.24) is 0 Å². The number of rotatable bonds is 0. The molecule has 14 heavy (non-hydrogen) atoms. The van der Waals surface area contributed by atoms with Gasteiger partial charge in [0.2, 0.25) is 0 Å². The van der Waals surface area contributed by atoms with Gasteiger partial charge in [-0.25, -0.2) is 0 Å². The lowest BCUT2D eigenvalue weighted by Gasteiger charge is -2.21. The van der Waals surface area contributed by atoms with Gasteiger partial charge in [0, 0.05) is 16.6 Å². The third-order valence-electron chi connectivity index (χ3n) is 2.23. The molecule has 0 radical (unpaired) electrons. The first-order chi connectivity index (χ1) is 6.61. The van der Waals surface area contributed by atoms with Gasteiger partial charge < -0.3 is 0 Å². The maximum atomic E-state index is 11.8. The van der Waals surface area contributed by atoms with Crippen LogP contribution < -0.4 is 0 Å². The molecule has 1 aliphatic heterocycles. The van der Waals surface area contributed by atoms with E-state index in [0.717, 1.165) is 10.6 Å². The van der Waals surface area contributed by atoms with Gasteiger partial charge in [-0.05, 0) is 12.1 Å². The van der Waals surface area contributed by atoms with Gasteiger partial charge in [0.25, 0.3) is 0 Å². The average molecular weight is 247 g/mol. The van der Waals surface area contributed by atoms with Crippen LogP contribution >= 0.6 is 35.0 Å². The second-order valence-corrected chi connectivity index (χ2v) is 5.15. The van der Waals surface area contributed by atoms with Gasteiger partial charge in [-0.3, -0.25) is 4.79 Å². The average Bonchev–Trinajstić information content (AvgIpc) is 2.16. The summed E-state index contributed by atoms with van der Waals surface area (Å²) in [5.74, 6) is 0.918. The number of benzene rings is 1. The number of carbonyl (C=O) groups excluding carboxylic acids is 1. The molecule has 0 N–H and O–H groups in total. The summed E-state index contributed by atoms with van der Waals surface area (Å²) in [5, 5.41) is 1.13. The van der Waals surface area contributed by atoms with Crippen molar-refractivity contribution in [2.45, 2.75) is 11.8 Å². The molecule has 0 bridgehead atoms. The van der Waals surface area contributed by atoms with E-state index in [0.29, 0.717) is 15.6 Å². The third-order valence-corrected chi connectivity index (χ3v) is 4.35. The van der Waals surface area contributed by atoms with E-state index in [1.165, 1.54) is 0 Å². The molecule has 0 spiro atoms. The van der Waals surface area contributed by atoms with Crippen LogP contribution in [-0.4, -0.2) is 11.5 Å². The first kappa shape index (κ1) is 10.3. The standard InChI is InChI=1S/C10H8Cl2OS/c1-5-4-14-10-7(12)3-2-6(11)8(10)9(5)13/h2-3,5H,4H2,1H3. The summed E-state index contributed by atoms with van der Waals surface area (Å²) in [5.41, 5.74) is 0.600. The summed E-state index contributed by atoms with van der Waals surface area (Å²) < 4.78 is 0. The van der Waals surface area contributed by atoms with E-state index in [4.69, 9.17) is 23.2 Å². The summed E-state index contributed by atoms with van der Waals surface area (Å²) >= 11 is 13.6. The van der Waals surface area contributed by atoms with E-state index in [-0.39, 0.29) is 11.7 Å². The van der Waals surface area contributed by atoms with Crippen molar-refractivity contribution in [2.24, 2.45) is 5.92 Å². The van der Waals surface area contributed by atoms with Crippen LogP contribution in [0.5, 0.6) is 0 Å². The van der Waals surface area contributed by atoms with E-state index in [9.17, 15) is 4.79 Å². The van der Waals surface area contributed by atoms with Crippen LogP contribution in [0.1, 0.15) is 17.3 Å². The maximum Gasteiger partial charge on any atom is 0.169 e. The highest BCUT2D eigenvalue weighted by atomic mass is 35.5. The number of halogens is 2. The maximum absolute atomic E-state index is 11.8. The zero-order chi connectivity index (χ0) is 10.3. The first-order valence-corrected chi connectivity index (χ1v) is 6.00. The summed E-state index contributed by atoms with van der Waals surface area (Å²) in [6, 6.07) is 3.41. The molecule has 1 aromatic rings. The Kier molecular flexibility index (Phi) is 2.78. The quantitative estimate of drug-likeness (QED) is 0.691. The Morgan fingerprint density at radius 3 is 2.71 bits per heavy atom. The summed E-state index contributed by atoms with van der Waals surface area (Å²) in [7, 11) is 0. The molecule has 0 fully saturated rings. The van der Waals surface area contributed by atoms with E-state index in [1.807, 2.05) is 6.92 Å². The number of hydrogen-bond acceptors (Lipinski definition) is 2. The fraction of sp³-hybridized carbons (Fsp3) is 0.300. The van der Waals surface area contributed by atoms with Gasteiger partial charge in [-0.1, -0.05) is 30.1 Å². The van der Waals surface area contributed by atoms with Gasteiger partial charge >= 0.3 is 0 Å². The number of ketones is 1. The van der Waals surface area contributed by atoms with Crippen LogP contribution in [0.2, 0.25) is 10.0 Å². The fourth-order valence-electron chi connectivity index (χ4n) is 1.43. The zero-order valence-corrected chi connectivity index (χ0v) is 9.84. The van der Waals surface area contributed by atoms with Crippen molar-refractivity contribution in [3.63, 3.8) is 0 Å². The molecular weight excluding hydrogens is 239 g/mol. The van der Waals surface area contributed by atoms with E-state index >= 15 is 0 Å². The molecule has 4 heteroatoms. The largest absolute Gasteiger partial charge is 0.294 e. The van der Waals surface area contributed by atoms with E-state index in [2.05, 4.69) is 0 Å². The minimum Gasteiger partial charge on any atom is -0.294 e. The second kappa shape index (κ2) is 3.76. The molecule has 1 unspecified atom stereocenters. The molecule has 1 heterocycles.